The van der Waals surface area contributed by atoms with Gasteiger partial charge in [-0.25, -0.2) is 4.68 Å². The molecule has 2 heterocycles. The first-order chi connectivity index (χ1) is 13.1. The fraction of sp³-hybridized carbons (Fsp3) is 0.421. The summed E-state index contributed by atoms with van der Waals surface area (Å²) in [5.74, 6) is 1.78. The van der Waals surface area contributed by atoms with Crippen LogP contribution >= 0.6 is 0 Å². The van der Waals surface area contributed by atoms with Gasteiger partial charge in [-0.3, -0.25) is 9.79 Å². The van der Waals surface area contributed by atoms with Gasteiger partial charge >= 0.3 is 0 Å². The number of hydrogen-bond donors (Lipinski definition) is 1. The number of guanidine groups is 1. The molecule has 1 aliphatic heterocycles. The van der Waals surface area contributed by atoms with Crippen molar-refractivity contribution in [2.45, 2.75) is 13.5 Å². The number of amides is 1. The molecule has 0 bridgehead atoms. The molecule has 0 saturated carbocycles. The van der Waals surface area contributed by atoms with Crippen molar-refractivity contribution in [2.24, 2.45) is 4.99 Å². The van der Waals surface area contributed by atoms with Crippen LogP contribution in [0.2, 0.25) is 0 Å². The number of carbonyl (C=O) groups excluding carboxylic acids is 1. The van der Waals surface area contributed by atoms with Crippen LogP contribution in [0.4, 0.5) is 0 Å². The van der Waals surface area contributed by atoms with Gasteiger partial charge in [-0.15, -0.1) is 0 Å². The Bertz CT molecular complexity index is 791. The number of methoxy groups -OCH3 is 1. The van der Waals surface area contributed by atoms with Crippen molar-refractivity contribution in [3.63, 3.8) is 0 Å². The van der Waals surface area contributed by atoms with Crippen molar-refractivity contribution in [2.75, 3.05) is 40.3 Å². The Morgan fingerprint density at radius 3 is 2.41 bits per heavy atom. The molecule has 0 spiro atoms. The number of nitrogens with one attached hydrogen (secondary N) is 1. The van der Waals surface area contributed by atoms with E-state index in [1.54, 1.807) is 21.1 Å². The maximum Gasteiger partial charge on any atom is 0.219 e. The molecule has 1 aliphatic rings. The lowest BCUT2D eigenvalue weighted by Gasteiger charge is -2.36. The van der Waals surface area contributed by atoms with E-state index in [9.17, 15) is 4.79 Å². The second kappa shape index (κ2) is 8.57. The fourth-order valence-electron chi connectivity index (χ4n) is 3.07. The minimum atomic E-state index is 0.127. The van der Waals surface area contributed by atoms with Crippen molar-refractivity contribution in [3.05, 3.63) is 42.2 Å². The Labute approximate surface area is 159 Å². The summed E-state index contributed by atoms with van der Waals surface area (Å²) >= 11 is 0. The molecule has 1 N–H and O–H groups in total. The summed E-state index contributed by atoms with van der Waals surface area (Å²) in [6.45, 7) is 5.20. The van der Waals surface area contributed by atoms with Gasteiger partial charge in [0.1, 0.15) is 5.75 Å². The van der Waals surface area contributed by atoms with Crippen LogP contribution in [0.15, 0.2) is 41.5 Å². The monoisotopic (exact) mass is 370 g/mol. The summed E-state index contributed by atoms with van der Waals surface area (Å²) in [6.07, 6.45) is 1.94. The minimum Gasteiger partial charge on any atom is -0.497 e. The van der Waals surface area contributed by atoms with E-state index in [2.05, 4.69) is 20.3 Å². The number of benzene rings is 1. The molecule has 27 heavy (non-hydrogen) atoms. The normalized spacial score (nSPS) is 15.0. The highest BCUT2D eigenvalue weighted by molar-refractivity contribution is 5.80. The van der Waals surface area contributed by atoms with Gasteiger partial charge in [0.25, 0.3) is 0 Å². The van der Waals surface area contributed by atoms with Crippen LogP contribution in [0.3, 0.4) is 0 Å². The number of rotatable bonds is 4. The van der Waals surface area contributed by atoms with Gasteiger partial charge in [-0.2, -0.15) is 5.10 Å². The third-order valence-corrected chi connectivity index (χ3v) is 4.65. The molecule has 0 atom stereocenters. The average Bonchev–Trinajstić information content (AvgIpc) is 3.18. The lowest BCUT2D eigenvalue weighted by molar-refractivity contribution is -0.130. The SMILES string of the molecule is CN=C(NCc1ccn(-c2ccc(OC)cc2)n1)N1CCN(C(C)=O)CC1. The predicted molar refractivity (Wildman–Crippen MR) is 104 cm³/mol. The van der Waals surface area contributed by atoms with E-state index < -0.39 is 0 Å². The highest BCUT2D eigenvalue weighted by Gasteiger charge is 2.20. The van der Waals surface area contributed by atoms with Crippen molar-refractivity contribution >= 4 is 11.9 Å². The second-order valence-electron chi connectivity index (χ2n) is 6.34. The summed E-state index contributed by atoms with van der Waals surface area (Å²) in [5, 5.41) is 7.97. The number of carbonyl (C=O) groups is 1. The van der Waals surface area contributed by atoms with E-state index in [0.29, 0.717) is 6.54 Å². The Morgan fingerprint density at radius 2 is 1.81 bits per heavy atom. The maximum atomic E-state index is 11.5. The van der Waals surface area contributed by atoms with E-state index in [0.717, 1.165) is 49.3 Å². The zero-order valence-electron chi connectivity index (χ0n) is 16.1. The third kappa shape index (κ3) is 4.58. The van der Waals surface area contributed by atoms with Gasteiger partial charge in [0.15, 0.2) is 5.96 Å². The van der Waals surface area contributed by atoms with Crippen molar-refractivity contribution < 1.29 is 9.53 Å². The topological polar surface area (TPSA) is 75.0 Å². The van der Waals surface area contributed by atoms with Gasteiger partial charge in [0.2, 0.25) is 5.91 Å². The van der Waals surface area contributed by atoms with Crippen LogP contribution < -0.4 is 10.1 Å². The molecule has 3 rings (SSSR count). The summed E-state index contributed by atoms with van der Waals surface area (Å²) < 4.78 is 7.02. The van der Waals surface area contributed by atoms with E-state index in [4.69, 9.17) is 4.74 Å². The van der Waals surface area contributed by atoms with Crippen molar-refractivity contribution in [3.8, 4) is 11.4 Å². The van der Waals surface area contributed by atoms with Crippen molar-refractivity contribution in [1.29, 1.82) is 0 Å². The highest BCUT2D eigenvalue weighted by Crippen LogP contribution is 2.14. The zero-order chi connectivity index (χ0) is 19.2. The standard InChI is InChI=1S/C19H26N6O2/c1-15(26)23-10-12-24(13-11-23)19(20-2)21-14-16-8-9-25(22-16)17-4-6-18(27-3)7-5-17/h4-9H,10-14H2,1-3H3,(H,20,21). The smallest absolute Gasteiger partial charge is 0.219 e. The number of aliphatic imine (C=N–C) groups is 1. The minimum absolute atomic E-state index is 0.127. The number of ether oxygens (including phenoxy) is 1. The fourth-order valence-corrected chi connectivity index (χ4v) is 3.07. The molecular formula is C19H26N6O2. The van der Waals surface area contributed by atoms with E-state index in [1.165, 1.54) is 0 Å². The molecule has 8 nitrogen and oxygen atoms in total. The summed E-state index contributed by atoms with van der Waals surface area (Å²) in [7, 11) is 3.43. The summed E-state index contributed by atoms with van der Waals surface area (Å²) in [4.78, 5) is 19.8. The average molecular weight is 370 g/mol. The summed E-state index contributed by atoms with van der Waals surface area (Å²) in [5.41, 5.74) is 1.90. The number of aromatic nitrogens is 2. The number of nitrogens with zero attached hydrogens (tertiary/aromatic N) is 5. The van der Waals surface area contributed by atoms with Crippen molar-refractivity contribution in [1.82, 2.24) is 24.9 Å². The van der Waals surface area contributed by atoms with Gasteiger partial charge < -0.3 is 19.9 Å². The van der Waals surface area contributed by atoms with Crippen LogP contribution in [0.25, 0.3) is 5.69 Å². The summed E-state index contributed by atoms with van der Waals surface area (Å²) in [6, 6.07) is 9.75. The molecular weight excluding hydrogens is 344 g/mol. The second-order valence-corrected chi connectivity index (χ2v) is 6.34. The first-order valence-corrected chi connectivity index (χ1v) is 9.01. The molecule has 144 valence electrons. The molecule has 1 aromatic carbocycles. The first-order valence-electron chi connectivity index (χ1n) is 9.01. The van der Waals surface area contributed by atoms with Gasteiger partial charge in [0.05, 0.1) is 25.0 Å². The molecule has 1 aromatic heterocycles. The first kappa shape index (κ1) is 18.8. The van der Waals surface area contributed by atoms with Crippen LogP contribution in [0.1, 0.15) is 12.6 Å². The highest BCUT2D eigenvalue weighted by atomic mass is 16.5. The third-order valence-electron chi connectivity index (χ3n) is 4.65. The molecule has 1 saturated heterocycles. The van der Waals surface area contributed by atoms with Crippen LogP contribution in [-0.4, -0.2) is 71.8 Å². The molecule has 0 radical (unpaired) electrons. The number of piperazine rings is 1. The molecule has 1 fully saturated rings. The molecule has 0 unspecified atom stereocenters. The van der Waals surface area contributed by atoms with Crippen LogP contribution in [0, 0.1) is 0 Å². The lowest BCUT2D eigenvalue weighted by atomic mass is 10.3. The molecule has 8 heteroatoms. The van der Waals surface area contributed by atoms with E-state index >= 15 is 0 Å². The Morgan fingerprint density at radius 1 is 1.15 bits per heavy atom. The molecule has 1 amide bonds. The van der Waals surface area contributed by atoms with E-state index in [-0.39, 0.29) is 5.91 Å². The van der Waals surface area contributed by atoms with Crippen LogP contribution in [-0.2, 0) is 11.3 Å². The lowest BCUT2D eigenvalue weighted by Crippen LogP contribution is -2.53. The largest absolute Gasteiger partial charge is 0.497 e. The van der Waals surface area contributed by atoms with E-state index in [1.807, 2.05) is 46.1 Å². The quantitative estimate of drug-likeness (QED) is 0.645. The maximum absolute atomic E-state index is 11.5. The van der Waals surface area contributed by atoms with Gasteiger partial charge in [0, 0.05) is 46.3 Å². The number of hydrogen-bond acceptors (Lipinski definition) is 4. The van der Waals surface area contributed by atoms with Gasteiger partial charge in [-0.05, 0) is 30.3 Å². The molecule has 2 aromatic rings. The Kier molecular flexibility index (Phi) is 5.95. The zero-order valence-corrected chi connectivity index (χ0v) is 16.1. The van der Waals surface area contributed by atoms with Crippen LogP contribution in [0.5, 0.6) is 5.75 Å². The Balaban J connectivity index is 1.56. The molecule has 0 aliphatic carbocycles. The van der Waals surface area contributed by atoms with Gasteiger partial charge in [-0.1, -0.05) is 0 Å². The Hall–Kier alpha value is -3.03. The predicted octanol–water partition coefficient (Wildman–Crippen LogP) is 1.12.